The van der Waals surface area contributed by atoms with Gasteiger partial charge < -0.3 is 10.1 Å². The molecule has 0 saturated carbocycles. The highest BCUT2D eigenvalue weighted by Gasteiger charge is 2.06. The lowest BCUT2D eigenvalue weighted by molar-refractivity contribution is 0.191. The first-order chi connectivity index (χ1) is 8.76. The molecule has 0 bridgehead atoms. The van der Waals surface area contributed by atoms with Gasteiger partial charge in [0.1, 0.15) is 0 Å². The van der Waals surface area contributed by atoms with Crippen LogP contribution in [0.1, 0.15) is 19.3 Å². The van der Waals surface area contributed by atoms with Crippen molar-refractivity contribution in [2.24, 2.45) is 0 Å². The standard InChI is InChI=1S/C14H22ClNOS/c1-16-13(7-3-4-9-17-2)11-18-14-8-5-6-12(15)10-14/h5-6,8,10,13,16H,3-4,7,9,11H2,1-2H3. The van der Waals surface area contributed by atoms with E-state index in [1.54, 1.807) is 7.11 Å². The van der Waals surface area contributed by atoms with Gasteiger partial charge in [-0.25, -0.2) is 0 Å². The van der Waals surface area contributed by atoms with E-state index in [1.807, 2.05) is 37.0 Å². The van der Waals surface area contributed by atoms with Crippen molar-refractivity contribution >= 4 is 23.4 Å². The van der Waals surface area contributed by atoms with Gasteiger partial charge in [-0.05, 0) is 44.5 Å². The lowest BCUT2D eigenvalue weighted by Crippen LogP contribution is -2.27. The highest BCUT2D eigenvalue weighted by Crippen LogP contribution is 2.23. The monoisotopic (exact) mass is 287 g/mol. The smallest absolute Gasteiger partial charge is 0.0462 e. The van der Waals surface area contributed by atoms with Crippen LogP contribution in [-0.4, -0.2) is 32.6 Å². The van der Waals surface area contributed by atoms with Crippen molar-refractivity contribution in [3.63, 3.8) is 0 Å². The van der Waals surface area contributed by atoms with E-state index in [-0.39, 0.29) is 0 Å². The predicted molar refractivity (Wildman–Crippen MR) is 80.8 cm³/mol. The Hall–Kier alpha value is -0.220. The zero-order valence-electron chi connectivity index (χ0n) is 11.1. The number of rotatable bonds is 9. The molecule has 18 heavy (non-hydrogen) atoms. The Labute approximate surface area is 119 Å². The predicted octanol–water partition coefficient (Wildman–Crippen LogP) is 3.84. The summed E-state index contributed by atoms with van der Waals surface area (Å²) in [4.78, 5) is 1.24. The van der Waals surface area contributed by atoms with E-state index in [4.69, 9.17) is 16.3 Å². The van der Waals surface area contributed by atoms with Crippen molar-refractivity contribution < 1.29 is 4.74 Å². The van der Waals surface area contributed by atoms with E-state index in [0.717, 1.165) is 23.8 Å². The number of thioether (sulfide) groups is 1. The Balaban J connectivity index is 2.26. The molecule has 1 unspecified atom stereocenters. The van der Waals surface area contributed by atoms with Gasteiger partial charge in [-0.3, -0.25) is 0 Å². The number of benzene rings is 1. The molecular weight excluding hydrogens is 266 g/mol. The molecule has 0 spiro atoms. The molecule has 0 fully saturated rings. The lowest BCUT2D eigenvalue weighted by Gasteiger charge is -2.15. The molecule has 0 aliphatic carbocycles. The number of unbranched alkanes of at least 4 members (excludes halogenated alkanes) is 1. The van der Waals surface area contributed by atoms with Crippen LogP contribution in [0.3, 0.4) is 0 Å². The molecule has 1 aromatic carbocycles. The molecule has 2 nitrogen and oxygen atoms in total. The number of ether oxygens (including phenoxy) is 1. The maximum absolute atomic E-state index is 5.97. The summed E-state index contributed by atoms with van der Waals surface area (Å²) in [6.07, 6.45) is 3.53. The first kappa shape index (κ1) is 15.8. The molecule has 4 heteroatoms. The average Bonchev–Trinajstić information content (AvgIpc) is 2.38. The molecular formula is C14H22ClNOS. The second kappa shape index (κ2) is 9.68. The minimum absolute atomic E-state index is 0.547. The van der Waals surface area contributed by atoms with Gasteiger partial charge in [-0.1, -0.05) is 17.7 Å². The van der Waals surface area contributed by atoms with Gasteiger partial charge in [0.15, 0.2) is 0 Å². The molecule has 102 valence electrons. The van der Waals surface area contributed by atoms with Crippen molar-refractivity contribution in [3.05, 3.63) is 29.3 Å². The Bertz CT molecular complexity index is 335. The van der Waals surface area contributed by atoms with Crippen molar-refractivity contribution in [1.29, 1.82) is 0 Å². The van der Waals surface area contributed by atoms with Crippen LogP contribution in [0.25, 0.3) is 0 Å². The fraction of sp³-hybridized carbons (Fsp3) is 0.571. The average molecular weight is 288 g/mol. The fourth-order valence-corrected chi connectivity index (χ4v) is 3.07. The number of hydrogen-bond donors (Lipinski definition) is 1. The van der Waals surface area contributed by atoms with E-state index in [0.29, 0.717) is 6.04 Å². The summed E-state index contributed by atoms with van der Waals surface area (Å²) in [6.45, 7) is 0.859. The molecule has 0 saturated heterocycles. The van der Waals surface area contributed by atoms with Gasteiger partial charge in [0.05, 0.1) is 0 Å². The second-order valence-corrected chi connectivity index (χ2v) is 5.77. The van der Waals surface area contributed by atoms with Crippen LogP contribution in [0.15, 0.2) is 29.2 Å². The Kier molecular flexibility index (Phi) is 8.51. The first-order valence-electron chi connectivity index (χ1n) is 6.31. The van der Waals surface area contributed by atoms with E-state index in [9.17, 15) is 0 Å². The van der Waals surface area contributed by atoms with Crippen LogP contribution < -0.4 is 5.32 Å². The summed E-state index contributed by atoms with van der Waals surface area (Å²) in [5.41, 5.74) is 0. The van der Waals surface area contributed by atoms with Crippen molar-refractivity contribution in [1.82, 2.24) is 5.32 Å². The van der Waals surface area contributed by atoms with Crippen molar-refractivity contribution in [2.45, 2.75) is 30.2 Å². The maximum atomic E-state index is 5.97. The normalized spacial score (nSPS) is 12.6. The van der Waals surface area contributed by atoms with Gasteiger partial charge in [0.2, 0.25) is 0 Å². The summed E-state index contributed by atoms with van der Waals surface area (Å²) < 4.78 is 5.06. The molecule has 0 amide bonds. The Morgan fingerprint density at radius 3 is 2.89 bits per heavy atom. The number of nitrogens with one attached hydrogen (secondary N) is 1. The van der Waals surface area contributed by atoms with Gasteiger partial charge in [-0.2, -0.15) is 0 Å². The molecule has 0 heterocycles. The van der Waals surface area contributed by atoms with Crippen LogP contribution in [0, 0.1) is 0 Å². The SMILES string of the molecule is CNC(CCCCOC)CSc1cccc(Cl)c1. The number of hydrogen-bond acceptors (Lipinski definition) is 3. The van der Waals surface area contributed by atoms with Gasteiger partial charge in [0, 0.05) is 35.4 Å². The molecule has 0 aromatic heterocycles. The van der Waals surface area contributed by atoms with E-state index in [1.165, 1.54) is 17.7 Å². The molecule has 0 aliphatic rings. The highest BCUT2D eigenvalue weighted by atomic mass is 35.5. The summed E-state index contributed by atoms with van der Waals surface area (Å²) in [5, 5.41) is 4.18. The fourth-order valence-electron chi connectivity index (χ4n) is 1.70. The molecule has 1 rings (SSSR count). The van der Waals surface area contributed by atoms with Crippen LogP contribution in [-0.2, 0) is 4.74 Å². The maximum Gasteiger partial charge on any atom is 0.0462 e. The number of methoxy groups -OCH3 is 1. The number of halogens is 1. The van der Waals surface area contributed by atoms with E-state index < -0.39 is 0 Å². The topological polar surface area (TPSA) is 21.3 Å². The van der Waals surface area contributed by atoms with Crippen molar-refractivity contribution in [3.8, 4) is 0 Å². The third-order valence-electron chi connectivity index (χ3n) is 2.81. The van der Waals surface area contributed by atoms with Crippen LogP contribution >= 0.6 is 23.4 Å². The van der Waals surface area contributed by atoms with Gasteiger partial charge in [0.25, 0.3) is 0 Å². The molecule has 1 aromatic rings. The first-order valence-corrected chi connectivity index (χ1v) is 7.67. The summed E-state index contributed by atoms with van der Waals surface area (Å²) in [5.74, 6) is 1.07. The summed E-state index contributed by atoms with van der Waals surface area (Å²) in [6, 6.07) is 8.58. The van der Waals surface area contributed by atoms with E-state index in [2.05, 4.69) is 11.4 Å². The van der Waals surface area contributed by atoms with Crippen LogP contribution in [0.2, 0.25) is 5.02 Å². The largest absolute Gasteiger partial charge is 0.385 e. The quantitative estimate of drug-likeness (QED) is 0.551. The second-order valence-electron chi connectivity index (χ2n) is 4.24. The Morgan fingerprint density at radius 2 is 2.22 bits per heavy atom. The van der Waals surface area contributed by atoms with Crippen LogP contribution in [0.5, 0.6) is 0 Å². The summed E-state index contributed by atoms with van der Waals surface area (Å²) in [7, 11) is 3.78. The highest BCUT2D eigenvalue weighted by molar-refractivity contribution is 7.99. The third kappa shape index (κ3) is 6.64. The minimum atomic E-state index is 0.547. The van der Waals surface area contributed by atoms with E-state index >= 15 is 0 Å². The molecule has 1 N–H and O–H groups in total. The molecule has 0 aliphatic heterocycles. The minimum Gasteiger partial charge on any atom is -0.385 e. The molecule has 1 atom stereocenters. The Morgan fingerprint density at radius 1 is 1.39 bits per heavy atom. The third-order valence-corrected chi connectivity index (χ3v) is 4.20. The summed E-state index contributed by atoms with van der Waals surface area (Å²) >= 11 is 7.82. The zero-order valence-corrected chi connectivity index (χ0v) is 12.7. The van der Waals surface area contributed by atoms with Crippen molar-refractivity contribution in [2.75, 3.05) is 26.5 Å². The lowest BCUT2D eigenvalue weighted by atomic mass is 10.1. The van der Waals surface area contributed by atoms with Gasteiger partial charge >= 0.3 is 0 Å². The van der Waals surface area contributed by atoms with Gasteiger partial charge in [-0.15, -0.1) is 11.8 Å². The zero-order chi connectivity index (χ0) is 13.2. The van der Waals surface area contributed by atoms with Crippen LogP contribution in [0.4, 0.5) is 0 Å². The molecule has 0 radical (unpaired) electrons.